The van der Waals surface area contributed by atoms with Gasteiger partial charge in [-0.1, -0.05) is 0 Å². The average Bonchev–Trinajstić information content (AvgIpc) is 2.93. The Morgan fingerprint density at radius 3 is 2.67 bits per heavy atom. The third-order valence-corrected chi connectivity index (χ3v) is 3.02. The highest BCUT2D eigenvalue weighted by Gasteiger charge is 2.07. The minimum Gasteiger partial charge on any atom is -0.494 e. The number of nitrogens with two attached hydrogens (primary N) is 1. The lowest BCUT2D eigenvalue weighted by Gasteiger charge is -2.13. The Hall–Kier alpha value is -2.04. The van der Waals surface area contributed by atoms with Crippen LogP contribution in [0.1, 0.15) is 19.7 Å². The van der Waals surface area contributed by atoms with Crippen molar-refractivity contribution >= 4 is 35.6 Å². The van der Waals surface area contributed by atoms with Crippen molar-refractivity contribution in [2.24, 2.45) is 17.8 Å². The Morgan fingerprint density at radius 2 is 2.04 bits per heavy atom. The van der Waals surface area contributed by atoms with E-state index in [4.69, 9.17) is 15.2 Å². The molecule has 3 N–H and O–H groups in total. The number of aromatic nitrogens is 3. The highest BCUT2D eigenvalue weighted by atomic mass is 127. The van der Waals surface area contributed by atoms with Crippen molar-refractivity contribution in [3.8, 4) is 11.5 Å². The molecule has 0 saturated heterocycles. The van der Waals surface area contributed by atoms with Crippen molar-refractivity contribution < 1.29 is 9.47 Å². The molecule has 132 valence electrons. The summed E-state index contributed by atoms with van der Waals surface area (Å²) in [6.45, 7) is 5.33. The summed E-state index contributed by atoms with van der Waals surface area (Å²) < 4.78 is 12.9. The maximum Gasteiger partial charge on any atom is 0.193 e. The smallest absolute Gasteiger partial charge is 0.193 e. The van der Waals surface area contributed by atoms with Crippen LogP contribution in [-0.4, -0.2) is 33.9 Å². The van der Waals surface area contributed by atoms with Gasteiger partial charge in [0.05, 0.1) is 18.9 Å². The molecule has 0 saturated carbocycles. The first-order valence-electron chi connectivity index (χ1n) is 7.43. The molecule has 0 spiro atoms. The number of rotatable bonds is 7. The van der Waals surface area contributed by atoms with Gasteiger partial charge in [-0.2, -0.15) is 0 Å². The first-order chi connectivity index (χ1) is 11.1. The van der Waals surface area contributed by atoms with E-state index < -0.39 is 0 Å². The van der Waals surface area contributed by atoms with Crippen LogP contribution >= 0.6 is 24.0 Å². The first kappa shape index (κ1) is 20.0. The van der Waals surface area contributed by atoms with E-state index in [1.807, 2.05) is 39.1 Å². The van der Waals surface area contributed by atoms with Crippen LogP contribution in [-0.2, 0) is 13.6 Å². The molecule has 0 atom stereocenters. The molecule has 0 fully saturated rings. The number of guanidine groups is 1. The number of aryl methyl sites for hydroxylation is 1. The lowest BCUT2D eigenvalue weighted by Crippen LogP contribution is -2.23. The first-order valence-corrected chi connectivity index (χ1v) is 7.43. The number of aliphatic imine (C=N–C) groups is 1. The van der Waals surface area contributed by atoms with Crippen molar-refractivity contribution in [1.82, 2.24) is 14.8 Å². The minimum absolute atomic E-state index is 0. The zero-order valence-corrected chi connectivity index (χ0v) is 16.4. The van der Waals surface area contributed by atoms with Crippen LogP contribution in [0.5, 0.6) is 11.5 Å². The van der Waals surface area contributed by atoms with Gasteiger partial charge < -0.3 is 25.1 Å². The molecule has 8 nitrogen and oxygen atoms in total. The monoisotopic (exact) mass is 446 g/mol. The average molecular weight is 446 g/mol. The summed E-state index contributed by atoms with van der Waals surface area (Å²) in [7, 11) is 1.85. The van der Waals surface area contributed by atoms with E-state index in [1.54, 1.807) is 10.9 Å². The topological polar surface area (TPSA) is 99.6 Å². The fourth-order valence-corrected chi connectivity index (χ4v) is 1.93. The van der Waals surface area contributed by atoms with Gasteiger partial charge in [-0.15, -0.1) is 34.2 Å². The van der Waals surface area contributed by atoms with E-state index in [0.717, 1.165) is 11.6 Å². The summed E-state index contributed by atoms with van der Waals surface area (Å²) >= 11 is 0. The molecular weight excluding hydrogens is 423 g/mol. The maximum atomic E-state index is 5.95. The minimum atomic E-state index is 0. The van der Waals surface area contributed by atoms with Crippen molar-refractivity contribution in [1.29, 1.82) is 0 Å². The third kappa shape index (κ3) is 5.55. The largest absolute Gasteiger partial charge is 0.494 e. The third-order valence-electron chi connectivity index (χ3n) is 3.02. The van der Waals surface area contributed by atoms with E-state index in [9.17, 15) is 0 Å². The fourth-order valence-electron chi connectivity index (χ4n) is 1.93. The molecule has 2 rings (SSSR count). The van der Waals surface area contributed by atoms with E-state index in [-0.39, 0.29) is 29.9 Å². The molecule has 1 aromatic heterocycles. The van der Waals surface area contributed by atoms with Gasteiger partial charge in [0.1, 0.15) is 24.4 Å². The normalized spacial score (nSPS) is 10.9. The highest BCUT2D eigenvalue weighted by molar-refractivity contribution is 14.0. The number of anilines is 1. The standard InChI is InChI=1S/C15H22N6O2.HI/c1-4-22-11-6-7-13(23-5-2)12(8-11)19-15(16)17-9-14-20-18-10-21(14)3;/h6-8,10H,4-5,9H2,1-3H3,(H3,16,17,19);1H. The van der Waals surface area contributed by atoms with E-state index in [1.165, 1.54) is 0 Å². The molecule has 2 aromatic rings. The van der Waals surface area contributed by atoms with Gasteiger partial charge in [-0.25, -0.2) is 4.99 Å². The zero-order chi connectivity index (χ0) is 16.7. The van der Waals surface area contributed by atoms with Gasteiger partial charge in [0.2, 0.25) is 0 Å². The van der Waals surface area contributed by atoms with Crippen LogP contribution in [0.25, 0.3) is 0 Å². The lowest BCUT2D eigenvalue weighted by atomic mass is 10.2. The number of hydrogen-bond donors (Lipinski definition) is 2. The van der Waals surface area contributed by atoms with Crippen molar-refractivity contribution in [3.05, 3.63) is 30.4 Å². The Morgan fingerprint density at radius 1 is 1.29 bits per heavy atom. The van der Waals surface area contributed by atoms with Gasteiger partial charge in [-0.3, -0.25) is 0 Å². The second-order valence-corrected chi connectivity index (χ2v) is 4.71. The number of hydrogen-bond acceptors (Lipinski definition) is 5. The van der Waals surface area contributed by atoms with Crippen molar-refractivity contribution in [2.75, 3.05) is 18.5 Å². The van der Waals surface area contributed by atoms with Crippen LogP contribution in [0.4, 0.5) is 5.69 Å². The van der Waals surface area contributed by atoms with Crippen LogP contribution in [0.2, 0.25) is 0 Å². The van der Waals surface area contributed by atoms with Crippen LogP contribution < -0.4 is 20.5 Å². The molecular formula is C15H23IN6O2. The Bertz CT molecular complexity index is 674. The number of ether oxygens (including phenoxy) is 2. The Balaban J connectivity index is 0.00000288. The summed E-state index contributed by atoms with van der Waals surface area (Å²) in [5.74, 6) is 2.41. The molecule has 0 unspecified atom stereocenters. The molecule has 9 heteroatoms. The Labute approximate surface area is 158 Å². The molecule has 1 aromatic carbocycles. The van der Waals surface area contributed by atoms with Crippen molar-refractivity contribution in [2.45, 2.75) is 20.4 Å². The predicted molar refractivity (Wildman–Crippen MR) is 104 cm³/mol. The summed E-state index contributed by atoms with van der Waals surface area (Å²) in [6, 6.07) is 5.53. The summed E-state index contributed by atoms with van der Waals surface area (Å²) in [5, 5.41) is 10.8. The summed E-state index contributed by atoms with van der Waals surface area (Å²) in [5.41, 5.74) is 6.65. The van der Waals surface area contributed by atoms with Crippen molar-refractivity contribution in [3.63, 3.8) is 0 Å². The van der Waals surface area contributed by atoms with Gasteiger partial charge in [0, 0.05) is 13.1 Å². The number of nitrogens with one attached hydrogen (secondary N) is 1. The van der Waals surface area contributed by atoms with Gasteiger partial charge in [0.25, 0.3) is 0 Å². The SMILES string of the molecule is CCOc1ccc(OCC)c(NC(N)=NCc2nncn2C)c1.I. The van der Waals surface area contributed by atoms with Crippen LogP contribution in [0, 0.1) is 0 Å². The summed E-state index contributed by atoms with van der Waals surface area (Å²) in [6.07, 6.45) is 1.62. The van der Waals surface area contributed by atoms with Gasteiger partial charge in [0.15, 0.2) is 11.8 Å². The second-order valence-electron chi connectivity index (χ2n) is 4.71. The highest BCUT2D eigenvalue weighted by Crippen LogP contribution is 2.29. The zero-order valence-electron chi connectivity index (χ0n) is 14.0. The molecule has 0 aliphatic rings. The fraction of sp³-hybridized carbons (Fsp3) is 0.400. The molecule has 0 radical (unpaired) electrons. The molecule has 0 bridgehead atoms. The Kier molecular flexibility index (Phi) is 8.30. The molecule has 0 aliphatic heterocycles. The van der Waals surface area contributed by atoms with E-state index in [0.29, 0.717) is 31.2 Å². The molecule has 1 heterocycles. The van der Waals surface area contributed by atoms with E-state index in [2.05, 4.69) is 20.5 Å². The quantitative estimate of drug-likeness (QED) is 0.384. The maximum absolute atomic E-state index is 5.95. The van der Waals surface area contributed by atoms with Gasteiger partial charge >= 0.3 is 0 Å². The van der Waals surface area contributed by atoms with Crippen LogP contribution in [0.3, 0.4) is 0 Å². The molecule has 0 amide bonds. The molecule has 24 heavy (non-hydrogen) atoms. The van der Waals surface area contributed by atoms with E-state index >= 15 is 0 Å². The second kappa shape index (κ2) is 9.96. The number of benzene rings is 1. The van der Waals surface area contributed by atoms with Crippen LogP contribution in [0.15, 0.2) is 29.5 Å². The predicted octanol–water partition coefficient (Wildman–Crippen LogP) is 2.16. The van der Waals surface area contributed by atoms with Gasteiger partial charge in [-0.05, 0) is 26.0 Å². The lowest BCUT2D eigenvalue weighted by molar-refractivity contribution is 0.332. The summed E-state index contributed by atoms with van der Waals surface area (Å²) in [4.78, 5) is 4.26. The number of halogens is 1. The number of nitrogens with zero attached hydrogens (tertiary/aromatic N) is 4. The molecule has 0 aliphatic carbocycles.